The molecule has 0 spiro atoms. The van der Waals surface area contributed by atoms with Crippen LogP contribution in [0.25, 0.3) is 32.8 Å². The minimum atomic E-state index is -4.35. The Morgan fingerprint density at radius 3 is 2.24 bits per heavy atom. The summed E-state index contributed by atoms with van der Waals surface area (Å²) in [6.45, 7) is 9.34. The molecule has 42 heavy (non-hydrogen) atoms. The molecule has 4 aromatic rings. The minimum Gasteiger partial charge on any atom is -0.512 e. The first kappa shape index (κ1) is 35.1. The summed E-state index contributed by atoms with van der Waals surface area (Å²) in [5.74, 6) is -2.20. The van der Waals surface area contributed by atoms with E-state index in [1.54, 1.807) is 12.3 Å². The molecule has 1 heterocycles. The van der Waals surface area contributed by atoms with Crippen LogP contribution in [0.15, 0.2) is 66.6 Å². The number of hydrogen-bond donors (Lipinski definition) is 1. The van der Waals surface area contributed by atoms with Crippen LogP contribution >= 0.6 is 0 Å². The maximum absolute atomic E-state index is 14.1. The van der Waals surface area contributed by atoms with Crippen molar-refractivity contribution in [3.05, 3.63) is 89.6 Å². The third-order valence-corrected chi connectivity index (χ3v) is 7.21. The number of nitrogens with zero attached hydrogens (tertiary/aromatic N) is 1. The summed E-state index contributed by atoms with van der Waals surface area (Å²) in [7, 11) is 0. The molecule has 8 heteroatoms. The molecule has 1 aromatic heterocycles. The molecule has 0 aliphatic rings. The van der Waals surface area contributed by atoms with Crippen LogP contribution < -0.4 is 0 Å². The van der Waals surface area contributed by atoms with Gasteiger partial charge in [0.1, 0.15) is 5.82 Å². The molecule has 4 rings (SSSR count). The summed E-state index contributed by atoms with van der Waals surface area (Å²) >= 11 is 0. The molecule has 3 aromatic carbocycles. The second-order valence-corrected chi connectivity index (χ2v) is 10.3. The molecule has 0 bridgehead atoms. The van der Waals surface area contributed by atoms with E-state index in [-0.39, 0.29) is 44.0 Å². The van der Waals surface area contributed by atoms with Gasteiger partial charge in [0.2, 0.25) is 0 Å². The van der Waals surface area contributed by atoms with Crippen molar-refractivity contribution in [2.75, 3.05) is 0 Å². The first-order valence-corrected chi connectivity index (χ1v) is 13.9. The van der Waals surface area contributed by atoms with Crippen LogP contribution in [-0.2, 0) is 24.9 Å². The maximum atomic E-state index is 14.1. The summed E-state index contributed by atoms with van der Waals surface area (Å²) in [5.41, 5.74) is 4.04. The Morgan fingerprint density at radius 2 is 1.64 bits per heavy atom. The smallest absolute Gasteiger partial charge is 0.389 e. The minimum absolute atomic E-state index is 0. The van der Waals surface area contributed by atoms with Gasteiger partial charge in [-0.3, -0.25) is 4.79 Å². The Bertz CT molecular complexity index is 1520. The van der Waals surface area contributed by atoms with E-state index in [0.717, 1.165) is 39.1 Å². The van der Waals surface area contributed by atoms with Gasteiger partial charge in [-0.1, -0.05) is 58.9 Å². The van der Waals surface area contributed by atoms with Crippen molar-refractivity contribution in [2.24, 2.45) is 11.8 Å². The quantitative estimate of drug-likeness (QED) is 0.0640. The fraction of sp³-hybridized carbons (Fsp3) is 0.353. The molecule has 1 N–H and O–H groups in total. The molecule has 1 unspecified atom stereocenters. The van der Waals surface area contributed by atoms with Crippen molar-refractivity contribution in [3.63, 3.8) is 0 Å². The van der Waals surface area contributed by atoms with Crippen molar-refractivity contribution < 1.29 is 47.6 Å². The van der Waals surface area contributed by atoms with Gasteiger partial charge in [0.25, 0.3) is 0 Å². The van der Waals surface area contributed by atoms with E-state index in [9.17, 15) is 27.5 Å². The standard InChI is InChI=1S/C21H15FN.C13H21F3O2.Ir/c1-13-10-14(2)12-16(11-13)21-20-15(8-9-23-21)6-7-17-18(20)4-3-5-19(17)22;1-4-9(5-2)11(17)7-12(18)10(6-3)8-13(14,15)16;/h3-11H,1-2H3;7,9-10,17H,4-6,8H2,1-3H3;/q-1;;/b;11-7-;. The number of halogens is 4. The van der Waals surface area contributed by atoms with Crippen LogP contribution in [0.2, 0.25) is 0 Å². The Labute approximate surface area is 258 Å². The van der Waals surface area contributed by atoms with Crippen LogP contribution in [0.5, 0.6) is 0 Å². The second-order valence-electron chi connectivity index (χ2n) is 10.3. The molecule has 0 amide bonds. The van der Waals surface area contributed by atoms with Crippen molar-refractivity contribution in [3.8, 4) is 11.3 Å². The van der Waals surface area contributed by atoms with Gasteiger partial charge in [0, 0.05) is 49.6 Å². The number of pyridine rings is 1. The van der Waals surface area contributed by atoms with Crippen molar-refractivity contribution >= 4 is 27.3 Å². The molecule has 227 valence electrons. The topological polar surface area (TPSA) is 50.2 Å². The first-order valence-electron chi connectivity index (χ1n) is 13.9. The maximum Gasteiger partial charge on any atom is 0.389 e. The molecular weight excluding hydrogens is 723 g/mol. The summed E-state index contributed by atoms with van der Waals surface area (Å²) in [4.78, 5) is 16.2. The van der Waals surface area contributed by atoms with Gasteiger partial charge in [-0.2, -0.15) is 13.2 Å². The largest absolute Gasteiger partial charge is 0.512 e. The normalized spacial score (nSPS) is 12.6. The van der Waals surface area contributed by atoms with Crippen molar-refractivity contribution in [1.29, 1.82) is 0 Å². The van der Waals surface area contributed by atoms with Gasteiger partial charge in [-0.15, -0.1) is 34.9 Å². The molecule has 0 saturated carbocycles. The van der Waals surface area contributed by atoms with Gasteiger partial charge in [-0.05, 0) is 53.2 Å². The molecule has 0 saturated heterocycles. The molecule has 3 nitrogen and oxygen atoms in total. The number of hydrogen-bond acceptors (Lipinski definition) is 3. The zero-order chi connectivity index (χ0) is 30.3. The molecule has 0 fully saturated rings. The Hall–Kier alpha value is -3.09. The van der Waals surface area contributed by atoms with Crippen molar-refractivity contribution in [1.82, 2.24) is 4.98 Å². The number of aromatic nitrogens is 1. The molecule has 1 radical (unpaired) electrons. The Kier molecular flexibility index (Phi) is 12.9. The van der Waals surface area contributed by atoms with Crippen LogP contribution in [0.4, 0.5) is 17.6 Å². The number of ketones is 1. The number of carbonyl (C=O) groups excluding carboxylic acids is 1. The zero-order valence-corrected chi connectivity index (χ0v) is 26.8. The molecule has 0 aliphatic carbocycles. The van der Waals surface area contributed by atoms with Gasteiger partial charge in [0.15, 0.2) is 5.78 Å². The Morgan fingerprint density at radius 1 is 0.976 bits per heavy atom. The number of benzene rings is 3. The van der Waals surface area contributed by atoms with E-state index in [4.69, 9.17) is 0 Å². The van der Waals surface area contributed by atoms with Gasteiger partial charge >= 0.3 is 6.18 Å². The SMILES string of the molecule is CCC(CC(F)(F)F)C(=O)/C=C(\O)C(CC)CC.Cc1[c-]c(-c2nccc3ccc4c(F)cccc4c23)cc(C)c1.[Ir]. The summed E-state index contributed by atoms with van der Waals surface area (Å²) in [5, 5.41) is 13.2. The average Bonchev–Trinajstić information content (AvgIpc) is 2.91. The Balaban J connectivity index is 0.000000298. The number of aliphatic hydroxyl groups is 1. The second kappa shape index (κ2) is 15.4. The number of alkyl halides is 3. The van der Waals surface area contributed by atoms with Gasteiger partial charge in [-0.25, -0.2) is 4.39 Å². The average molecular weight is 759 g/mol. The van der Waals surface area contributed by atoms with E-state index >= 15 is 0 Å². The van der Waals surface area contributed by atoms with Crippen LogP contribution in [0, 0.1) is 37.6 Å². The van der Waals surface area contributed by atoms with Gasteiger partial charge < -0.3 is 10.1 Å². The monoisotopic (exact) mass is 759 g/mol. The molecular formula is C34H36F4IrNO2-. The number of aliphatic hydroxyl groups excluding tert-OH is 1. The van der Waals surface area contributed by atoms with E-state index in [1.807, 2.05) is 45.0 Å². The summed E-state index contributed by atoms with van der Waals surface area (Å²) in [6, 6.07) is 18.5. The molecule has 1 atom stereocenters. The summed E-state index contributed by atoms with van der Waals surface area (Å²) < 4.78 is 50.9. The third kappa shape index (κ3) is 8.95. The predicted octanol–water partition coefficient (Wildman–Crippen LogP) is 10.0. The summed E-state index contributed by atoms with van der Waals surface area (Å²) in [6.07, 6.45) is -1.29. The van der Waals surface area contributed by atoms with Crippen molar-refractivity contribution in [2.45, 2.75) is 66.5 Å². The number of aryl methyl sites for hydroxylation is 2. The third-order valence-electron chi connectivity index (χ3n) is 7.21. The number of carbonyl (C=O) groups is 1. The predicted molar refractivity (Wildman–Crippen MR) is 157 cm³/mol. The van der Waals surface area contributed by atoms with Crippen LogP contribution in [0.1, 0.15) is 57.6 Å². The van der Waals surface area contributed by atoms with Gasteiger partial charge in [0.05, 0.1) is 12.2 Å². The van der Waals surface area contributed by atoms with E-state index < -0.39 is 24.3 Å². The first-order chi connectivity index (χ1) is 19.4. The zero-order valence-electron chi connectivity index (χ0n) is 24.4. The fourth-order valence-electron chi connectivity index (χ4n) is 5.04. The van der Waals surface area contributed by atoms with Crippen LogP contribution in [-0.4, -0.2) is 22.1 Å². The van der Waals surface area contributed by atoms with E-state index in [0.29, 0.717) is 18.2 Å². The fourth-order valence-corrected chi connectivity index (χ4v) is 5.04. The number of fused-ring (bicyclic) bond motifs is 3. The van der Waals surface area contributed by atoms with E-state index in [1.165, 1.54) is 18.6 Å². The number of rotatable bonds is 8. The molecule has 0 aliphatic heterocycles. The van der Waals surface area contributed by atoms with E-state index in [2.05, 4.69) is 30.1 Å². The van der Waals surface area contributed by atoms with Crippen LogP contribution in [0.3, 0.4) is 0 Å². The number of allylic oxidation sites excluding steroid dienone is 2.